The summed E-state index contributed by atoms with van der Waals surface area (Å²) in [5, 5.41) is 4.57. The van der Waals surface area contributed by atoms with Gasteiger partial charge in [-0.25, -0.2) is 21.6 Å². The van der Waals surface area contributed by atoms with E-state index in [-0.39, 0.29) is 94.0 Å². The van der Waals surface area contributed by atoms with E-state index in [1.54, 1.807) is 56.3 Å². The average molecular weight is 1080 g/mol. The first-order valence-electron chi connectivity index (χ1n) is 24.0. The number of rotatable bonds is 27. The number of sulfonamides is 1. The van der Waals surface area contributed by atoms with Gasteiger partial charge >= 0.3 is 0 Å². The zero-order valence-corrected chi connectivity index (χ0v) is 45.1. The van der Waals surface area contributed by atoms with Gasteiger partial charge in [0.2, 0.25) is 15.9 Å². The van der Waals surface area contributed by atoms with Crippen molar-refractivity contribution < 1.29 is 45.4 Å². The molecule has 19 heteroatoms. The highest BCUT2D eigenvalue weighted by atomic mass is 35.5. The Kier molecular flexibility index (Phi) is 20.9. The molecule has 2 aliphatic heterocycles. The van der Waals surface area contributed by atoms with Crippen LogP contribution in [0.2, 0.25) is 15.1 Å². The molecule has 2 heterocycles. The molecule has 4 aromatic carbocycles. The van der Waals surface area contributed by atoms with Gasteiger partial charge in [0.25, 0.3) is 0 Å². The highest BCUT2D eigenvalue weighted by Gasteiger charge is 2.35. The SMILES string of the molecule is Cc1cc(Cl)cc2c1CN(C)CC2c1cccc(S(=O)(=O)CCCOCCOCCNC(=O)C(C)(C)C(=O)CCCOCCOCCNS(=O)(=O)c2cccc(C3CN(C)Cc4c(Cl)cc(Cl)cc43)c2)c1. The Balaban J connectivity index is 0.781. The van der Waals surface area contributed by atoms with E-state index in [4.69, 9.17) is 53.8 Å². The van der Waals surface area contributed by atoms with E-state index in [2.05, 4.69) is 33.8 Å². The third-order valence-electron chi connectivity index (χ3n) is 12.9. The minimum Gasteiger partial charge on any atom is -0.379 e. The van der Waals surface area contributed by atoms with Crippen LogP contribution in [0.25, 0.3) is 0 Å². The van der Waals surface area contributed by atoms with Gasteiger partial charge in [0, 0.05) is 85.8 Å². The molecule has 2 unspecified atom stereocenters. The van der Waals surface area contributed by atoms with Crippen molar-refractivity contribution >= 4 is 66.4 Å². The molecule has 0 fully saturated rings. The van der Waals surface area contributed by atoms with Crippen LogP contribution in [0.5, 0.6) is 0 Å². The number of nitrogens with one attached hydrogen (secondary N) is 2. The zero-order valence-electron chi connectivity index (χ0n) is 41.2. The molecule has 2 aliphatic rings. The van der Waals surface area contributed by atoms with Gasteiger partial charge in [-0.3, -0.25) is 9.59 Å². The summed E-state index contributed by atoms with van der Waals surface area (Å²) in [6.07, 6.45) is 0.898. The Morgan fingerprint density at radius 2 is 1.18 bits per heavy atom. The minimum absolute atomic E-state index is 0.00749. The first-order chi connectivity index (χ1) is 33.8. The smallest absolute Gasteiger partial charge is 0.240 e. The largest absolute Gasteiger partial charge is 0.379 e. The zero-order chi connectivity index (χ0) is 51.3. The second kappa shape index (κ2) is 26.1. The van der Waals surface area contributed by atoms with Crippen molar-refractivity contribution in [2.75, 3.05) is 98.9 Å². The lowest BCUT2D eigenvalue weighted by Crippen LogP contribution is -2.43. The number of ketones is 1. The van der Waals surface area contributed by atoms with E-state index in [1.165, 1.54) is 5.56 Å². The maximum Gasteiger partial charge on any atom is 0.240 e. The fourth-order valence-corrected chi connectivity index (χ4v) is 12.2. The van der Waals surface area contributed by atoms with Gasteiger partial charge < -0.3 is 34.1 Å². The first-order valence-corrected chi connectivity index (χ1v) is 28.2. The molecular formula is C52H67Cl3N4O10S2. The van der Waals surface area contributed by atoms with Crippen molar-refractivity contribution in [3.63, 3.8) is 0 Å². The molecule has 0 bridgehead atoms. The molecule has 0 aromatic heterocycles. The standard InChI is InChI=1S/C52H67Cl3N4O10S2/c1-36-26-39(53)29-43-45(36)32-58(4)33-46(43)37-10-6-12-41(27-37)70(62,63)25-9-18-67-22-23-68-19-15-56-51(61)52(2,3)50(60)14-8-17-66-21-24-69-20-16-57-71(64,65)42-13-7-11-38(28-42)47-34-59(5)35-48-44(47)30-40(54)31-49(48)55/h6-7,10-13,26-31,46-47,57H,8-9,14-25,32-35H2,1-5H3,(H,56,61). The third kappa shape index (κ3) is 15.8. The molecule has 2 N–H and O–H groups in total. The van der Waals surface area contributed by atoms with Crippen LogP contribution in [0.1, 0.15) is 83.9 Å². The summed E-state index contributed by atoms with van der Waals surface area (Å²) in [4.78, 5) is 30.6. The van der Waals surface area contributed by atoms with Crippen molar-refractivity contribution in [2.45, 2.75) is 74.7 Å². The van der Waals surface area contributed by atoms with E-state index >= 15 is 0 Å². The van der Waals surface area contributed by atoms with Gasteiger partial charge in [-0.15, -0.1) is 0 Å². The van der Waals surface area contributed by atoms with Crippen LogP contribution in [0.3, 0.4) is 0 Å². The van der Waals surface area contributed by atoms with Crippen molar-refractivity contribution in [3.05, 3.63) is 127 Å². The van der Waals surface area contributed by atoms with Crippen LogP contribution in [0, 0.1) is 12.3 Å². The number of Topliss-reactive ketones (excluding diaryl/α,β-unsaturated/α-hetero) is 1. The number of carbonyl (C=O) groups is 2. The molecule has 4 aromatic rings. The number of nitrogens with zero attached hydrogens (tertiary/aromatic N) is 2. The van der Waals surface area contributed by atoms with Gasteiger partial charge in [-0.2, -0.15) is 0 Å². The molecule has 0 saturated heterocycles. The quantitative estimate of drug-likeness (QED) is 0.0440. The van der Waals surface area contributed by atoms with Crippen molar-refractivity contribution in [1.82, 2.24) is 19.8 Å². The lowest BCUT2D eigenvalue weighted by atomic mass is 9.83. The summed E-state index contributed by atoms with van der Waals surface area (Å²) >= 11 is 19.3. The molecular weight excluding hydrogens is 1010 g/mol. The highest BCUT2D eigenvalue weighted by Crippen LogP contribution is 2.40. The number of halogens is 3. The van der Waals surface area contributed by atoms with Crippen LogP contribution in [-0.4, -0.2) is 137 Å². The molecule has 388 valence electrons. The third-order valence-corrected chi connectivity index (χ3v) is 17.0. The van der Waals surface area contributed by atoms with Crippen LogP contribution < -0.4 is 10.0 Å². The second-order valence-electron chi connectivity index (χ2n) is 18.8. The highest BCUT2D eigenvalue weighted by molar-refractivity contribution is 7.91. The number of sulfone groups is 1. The lowest BCUT2D eigenvalue weighted by Gasteiger charge is -2.34. The number of ether oxygens (including phenoxy) is 4. The number of carbonyl (C=O) groups excluding carboxylic acids is 2. The Hall–Kier alpha value is -3.49. The summed E-state index contributed by atoms with van der Waals surface area (Å²) in [6.45, 7) is 10.4. The van der Waals surface area contributed by atoms with Gasteiger partial charge in [-0.1, -0.05) is 59.1 Å². The monoisotopic (exact) mass is 1080 g/mol. The first kappa shape index (κ1) is 56.8. The molecule has 0 aliphatic carbocycles. The van der Waals surface area contributed by atoms with Crippen molar-refractivity contribution in [3.8, 4) is 0 Å². The summed E-state index contributed by atoms with van der Waals surface area (Å²) < 4.78 is 78.0. The molecule has 6 rings (SSSR count). The van der Waals surface area contributed by atoms with E-state index in [0.29, 0.717) is 52.5 Å². The molecule has 0 spiro atoms. The molecule has 71 heavy (non-hydrogen) atoms. The van der Waals surface area contributed by atoms with Crippen molar-refractivity contribution in [2.24, 2.45) is 5.41 Å². The van der Waals surface area contributed by atoms with Crippen LogP contribution in [-0.2, 0) is 61.5 Å². The number of likely N-dealkylation sites (N-methyl/N-ethyl adjacent to an activating group) is 2. The minimum atomic E-state index is -3.81. The maximum atomic E-state index is 13.3. The van der Waals surface area contributed by atoms with Gasteiger partial charge in [-0.05, 0) is 135 Å². The predicted molar refractivity (Wildman–Crippen MR) is 278 cm³/mol. The summed E-state index contributed by atoms with van der Waals surface area (Å²) in [7, 11) is -3.28. The second-order valence-corrected chi connectivity index (χ2v) is 24.0. The molecule has 0 saturated carbocycles. The molecule has 1 amide bonds. The predicted octanol–water partition coefficient (Wildman–Crippen LogP) is 7.81. The van der Waals surface area contributed by atoms with E-state index < -0.39 is 31.2 Å². The number of amides is 1. The molecule has 2 atom stereocenters. The van der Waals surface area contributed by atoms with Gasteiger partial charge in [0.05, 0.1) is 55.2 Å². The van der Waals surface area contributed by atoms with E-state index in [0.717, 1.165) is 46.5 Å². The van der Waals surface area contributed by atoms with Gasteiger partial charge in [0.1, 0.15) is 11.2 Å². The summed E-state index contributed by atoms with van der Waals surface area (Å²) in [6, 6.07) is 21.7. The topological polar surface area (TPSA) is 170 Å². The van der Waals surface area contributed by atoms with Crippen LogP contribution in [0.15, 0.2) is 82.6 Å². The average Bonchev–Trinajstić information content (AvgIpc) is 3.32. The lowest BCUT2D eigenvalue weighted by molar-refractivity contribution is -0.140. The van der Waals surface area contributed by atoms with E-state index in [1.807, 2.05) is 37.4 Å². The normalized spacial score (nSPS) is 16.7. The number of fused-ring (bicyclic) bond motifs is 2. The Bertz CT molecular complexity index is 2530. The number of hydrogen-bond acceptors (Lipinski definition) is 12. The number of hydrogen-bond donors (Lipinski definition) is 2. The Labute approximate surface area is 435 Å². The van der Waals surface area contributed by atoms with Gasteiger partial charge in [0.15, 0.2) is 9.84 Å². The van der Waals surface area contributed by atoms with Crippen LogP contribution >= 0.6 is 34.8 Å². The van der Waals surface area contributed by atoms with Crippen LogP contribution in [0.4, 0.5) is 0 Å². The fourth-order valence-electron chi connectivity index (χ4n) is 8.99. The molecule has 14 nitrogen and oxygen atoms in total. The van der Waals surface area contributed by atoms with Crippen molar-refractivity contribution in [1.29, 1.82) is 0 Å². The Morgan fingerprint density at radius 3 is 1.82 bits per heavy atom. The molecule has 0 radical (unpaired) electrons. The summed E-state index contributed by atoms with van der Waals surface area (Å²) in [5.41, 5.74) is 6.03. The number of aryl methyl sites for hydroxylation is 1. The maximum absolute atomic E-state index is 13.3. The fraction of sp³-hybridized carbons (Fsp3) is 0.500. The van der Waals surface area contributed by atoms with E-state index in [9.17, 15) is 26.4 Å². The summed E-state index contributed by atoms with van der Waals surface area (Å²) in [5.74, 6) is -0.764. The Morgan fingerprint density at radius 1 is 0.662 bits per heavy atom. The number of benzene rings is 4.